The molecule has 1 heterocycles. The smallest absolute Gasteiger partial charge is 0.293 e. The van der Waals surface area contributed by atoms with Gasteiger partial charge in [0, 0.05) is 12.6 Å². The van der Waals surface area contributed by atoms with E-state index in [9.17, 15) is 14.9 Å². The molecule has 1 saturated heterocycles. The number of nitrogens with one attached hydrogen (secondary N) is 2. The van der Waals surface area contributed by atoms with Crippen molar-refractivity contribution >= 4 is 17.3 Å². The second kappa shape index (κ2) is 5.36. The predicted octanol–water partition coefficient (Wildman–Crippen LogP) is 1.70. The molecule has 0 bridgehead atoms. The van der Waals surface area contributed by atoms with Crippen LogP contribution in [0.5, 0.6) is 0 Å². The molecule has 0 aliphatic carbocycles. The molecular formula is C13H17N3O3. The molecule has 19 heavy (non-hydrogen) atoms. The van der Waals surface area contributed by atoms with E-state index in [2.05, 4.69) is 10.6 Å². The van der Waals surface area contributed by atoms with Gasteiger partial charge in [0.05, 0.1) is 10.8 Å². The molecular weight excluding hydrogens is 246 g/mol. The van der Waals surface area contributed by atoms with E-state index in [4.69, 9.17) is 0 Å². The van der Waals surface area contributed by atoms with Gasteiger partial charge in [0.25, 0.3) is 5.69 Å². The van der Waals surface area contributed by atoms with Crippen molar-refractivity contribution in [3.8, 4) is 0 Å². The number of anilines is 1. The number of nitro benzene ring substituents is 1. The molecule has 1 amide bonds. The van der Waals surface area contributed by atoms with Gasteiger partial charge in [-0.25, -0.2) is 0 Å². The first kappa shape index (κ1) is 13.5. The van der Waals surface area contributed by atoms with Gasteiger partial charge in [-0.2, -0.15) is 0 Å². The Hall–Kier alpha value is -1.95. The van der Waals surface area contributed by atoms with Gasteiger partial charge < -0.3 is 10.6 Å². The highest BCUT2D eigenvalue weighted by atomic mass is 16.6. The molecule has 102 valence electrons. The van der Waals surface area contributed by atoms with Crippen molar-refractivity contribution in [3.63, 3.8) is 0 Å². The van der Waals surface area contributed by atoms with Crippen LogP contribution in [-0.4, -0.2) is 23.9 Å². The van der Waals surface area contributed by atoms with Crippen molar-refractivity contribution in [2.45, 2.75) is 13.8 Å². The van der Waals surface area contributed by atoms with Crippen LogP contribution in [0.2, 0.25) is 0 Å². The fourth-order valence-electron chi connectivity index (χ4n) is 2.28. The lowest BCUT2D eigenvalue weighted by atomic mass is 9.97. The molecule has 1 aromatic rings. The largest absolute Gasteiger partial charge is 0.320 e. The van der Waals surface area contributed by atoms with Crippen LogP contribution in [0.15, 0.2) is 18.2 Å². The number of hydrogen-bond donors (Lipinski definition) is 2. The molecule has 0 saturated carbocycles. The molecule has 2 N–H and O–H groups in total. The van der Waals surface area contributed by atoms with Crippen LogP contribution < -0.4 is 10.6 Å². The monoisotopic (exact) mass is 263 g/mol. The second-order valence-electron chi connectivity index (χ2n) is 5.01. The standard InChI is InChI=1S/C13H17N3O3/c1-8-3-4-11(12(5-8)16(18)19)15-13(17)10-7-14-6-9(10)2/h3-5,9-10,14H,6-7H2,1-2H3,(H,15,17). The molecule has 0 spiro atoms. The van der Waals surface area contributed by atoms with E-state index in [1.165, 1.54) is 6.07 Å². The molecule has 1 fully saturated rings. The summed E-state index contributed by atoms with van der Waals surface area (Å²) < 4.78 is 0. The lowest BCUT2D eigenvalue weighted by Crippen LogP contribution is -2.28. The van der Waals surface area contributed by atoms with Gasteiger partial charge in [-0.3, -0.25) is 14.9 Å². The van der Waals surface area contributed by atoms with Gasteiger partial charge in [0.2, 0.25) is 5.91 Å². The number of hydrogen-bond acceptors (Lipinski definition) is 4. The normalized spacial score (nSPS) is 22.2. The first-order chi connectivity index (χ1) is 8.99. The first-order valence-corrected chi connectivity index (χ1v) is 6.25. The van der Waals surface area contributed by atoms with Gasteiger partial charge in [0.1, 0.15) is 5.69 Å². The number of carbonyl (C=O) groups excluding carboxylic acids is 1. The van der Waals surface area contributed by atoms with E-state index in [1.54, 1.807) is 19.1 Å². The van der Waals surface area contributed by atoms with Gasteiger partial charge in [-0.1, -0.05) is 13.0 Å². The number of carbonyl (C=O) groups is 1. The highest BCUT2D eigenvalue weighted by Crippen LogP contribution is 2.27. The summed E-state index contributed by atoms with van der Waals surface area (Å²) in [6.07, 6.45) is 0. The maximum atomic E-state index is 12.1. The Kier molecular flexibility index (Phi) is 3.80. The maximum absolute atomic E-state index is 12.1. The highest BCUT2D eigenvalue weighted by molar-refractivity contribution is 5.95. The van der Waals surface area contributed by atoms with Crippen LogP contribution in [0, 0.1) is 28.9 Å². The summed E-state index contributed by atoms with van der Waals surface area (Å²) in [7, 11) is 0. The SMILES string of the molecule is Cc1ccc(NC(=O)C2CNCC2C)c([N+](=O)[O-])c1. The van der Waals surface area contributed by atoms with Crippen molar-refractivity contribution in [3.05, 3.63) is 33.9 Å². The highest BCUT2D eigenvalue weighted by Gasteiger charge is 2.30. The molecule has 2 rings (SSSR count). The molecule has 1 aliphatic rings. The maximum Gasteiger partial charge on any atom is 0.293 e. The van der Waals surface area contributed by atoms with Gasteiger partial charge >= 0.3 is 0 Å². The number of nitrogens with zero attached hydrogens (tertiary/aromatic N) is 1. The van der Waals surface area contributed by atoms with Gasteiger partial charge in [-0.05, 0) is 31.0 Å². The molecule has 2 unspecified atom stereocenters. The van der Waals surface area contributed by atoms with E-state index >= 15 is 0 Å². The third kappa shape index (κ3) is 2.90. The third-order valence-electron chi connectivity index (χ3n) is 3.46. The summed E-state index contributed by atoms with van der Waals surface area (Å²) in [5.74, 6) is -0.0603. The Bertz CT molecular complexity index is 516. The van der Waals surface area contributed by atoms with Crippen molar-refractivity contribution in [2.24, 2.45) is 11.8 Å². The van der Waals surface area contributed by atoms with E-state index < -0.39 is 4.92 Å². The fourth-order valence-corrected chi connectivity index (χ4v) is 2.28. The second-order valence-corrected chi connectivity index (χ2v) is 5.01. The van der Waals surface area contributed by atoms with E-state index in [1.807, 2.05) is 6.92 Å². The van der Waals surface area contributed by atoms with Crippen LogP contribution in [0.4, 0.5) is 11.4 Å². The van der Waals surface area contributed by atoms with E-state index in [0.717, 1.165) is 12.1 Å². The van der Waals surface area contributed by atoms with Gasteiger partial charge in [-0.15, -0.1) is 0 Å². The van der Waals surface area contributed by atoms with Crippen LogP contribution in [0.3, 0.4) is 0 Å². The number of aryl methyl sites for hydroxylation is 1. The Morgan fingerprint density at radius 2 is 2.21 bits per heavy atom. The third-order valence-corrected chi connectivity index (χ3v) is 3.46. The topological polar surface area (TPSA) is 84.3 Å². The molecule has 6 nitrogen and oxygen atoms in total. The first-order valence-electron chi connectivity index (χ1n) is 6.25. The van der Waals surface area contributed by atoms with Crippen LogP contribution >= 0.6 is 0 Å². The average molecular weight is 263 g/mol. The number of amides is 1. The van der Waals surface area contributed by atoms with Crippen molar-refractivity contribution < 1.29 is 9.72 Å². The van der Waals surface area contributed by atoms with E-state index in [-0.39, 0.29) is 29.1 Å². The quantitative estimate of drug-likeness (QED) is 0.642. The van der Waals surface area contributed by atoms with Gasteiger partial charge in [0.15, 0.2) is 0 Å². The minimum Gasteiger partial charge on any atom is -0.320 e. The molecule has 1 aromatic carbocycles. The van der Waals surface area contributed by atoms with Crippen molar-refractivity contribution in [2.75, 3.05) is 18.4 Å². The van der Waals surface area contributed by atoms with Crippen molar-refractivity contribution in [1.29, 1.82) is 0 Å². The summed E-state index contributed by atoms with van der Waals surface area (Å²) in [5, 5.41) is 16.8. The average Bonchev–Trinajstić information content (AvgIpc) is 2.77. The molecule has 0 aromatic heterocycles. The zero-order valence-corrected chi connectivity index (χ0v) is 11.0. The Balaban J connectivity index is 2.19. The van der Waals surface area contributed by atoms with E-state index in [0.29, 0.717) is 6.54 Å². The molecule has 6 heteroatoms. The Morgan fingerprint density at radius 3 is 2.79 bits per heavy atom. The summed E-state index contributed by atoms with van der Waals surface area (Å²) in [6, 6.07) is 4.79. The van der Waals surface area contributed by atoms with Crippen LogP contribution in [0.1, 0.15) is 12.5 Å². The number of nitro groups is 1. The molecule has 2 atom stereocenters. The zero-order chi connectivity index (χ0) is 14.0. The predicted molar refractivity (Wildman–Crippen MR) is 72.0 cm³/mol. The summed E-state index contributed by atoms with van der Waals surface area (Å²) in [6.45, 7) is 5.19. The molecule has 0 radical (unpaired) electrons. The zero-order valence-electron chi connectivity index (χ0n) is 11.0. The summed E-state index contributed by atoms with van der Waals surface area (Å²) >= 11 is 0. The fraction of sp³-hybridized carbons (Fsp3) is 0.462. The van der Waals surface area contributed by atoms with Crippen LogP contribution in [-0.2, 0) is 4.79 Å². The van der Waals surface area contributed by atoms with Crippen LogP contribution in [0.25, 0.3) is 0 Å². The Morgan fingerprint density at radius 1 is 1.47 bits per heavy atom. The minimum atomic E-state index is -0.473. The minimum absolute atomic E-state index is 0.0630. The number of rotatable bonds is 3. The lowest BCUT2D eigenvalue weighted by molar-refractivity contribution is -0.384. The Labute approximate surface area is 111 Å². The molecule has 1 aliphatic heterocycles. The summed E-state index contributed by atoms with van der Waals surface area (Å²) in [4.78, 5) is 22.6. The number of benzene rings is 1. The lowest BCUT2D eigenvalue weighted by Gasteiger charge is -2.14. The van der Waals surface area contributed by atoms with Crippen molar-refractivity contribution in [1.82, 2.24) is 5.32 Å². The summed E-state index contributed by atoms with van der Waals surface area (Å²) in [5.41, 5.74) is 0.993.